The van der Waals surface area contributed by atoms with Gasteiger partial charge in [0.1, 0.15) is 0 Å². The van der Waals surface area contributed by atoms with Crippen molar-refractivity contribution in [1.82, 2.24) is 14.8 Å². The van der Waals surface area contributed by atoms with Gasteiger partial charge in [-0.05, 0) is 6.07 Å². The van der Waals surface area contributed by atoms with Gasteiger partial charge in [-0.25, -0.2) is 9.67 Å². The summed E-state index contributed by atoms with van der Waals surface area (Å²) < 4.78 is 6.75. The van der Waals surface area contributed by atoms with Crippen molar-refractivity contribution in [3.05, 3.63) is 42.4 Å². The molecule has 0 aromatic carbocycles. The van der Waals surface area contributed by atoms with Crippen LogP contribution >= 0.6 is 0 Å². The van der Waals surface area contributed by atoms with Crippen molar-refractivity contribution < 1.29 is 4.74 Å². The molecule has 0 aliphatic carbocycles. The Morgan fingerprint density at radius 1 is 1.57 bits per heavy atom. The summed E-state index contributed by atoms with van der Waals surface area (Å²) in [5, 5.41) is 4.07. The second-order valence-electron chi connectivity index (χ2n) is 2.80. The Hall–Kier alpha value is -1.68. The molecule has 0 amide bonds. The number of methoxy groups -OCH3 is 1. The van der Waals surface area contributed by atoms with E-state index in [1.807, 2.05) is 12.1 Å². The Balaban J connectivity index is 2.42. The Bertz CT molecular complexity index is 398. The fraction of sp³-hybridized carbons (Fsp3) is 0.200. The highest BCUT2D eigenvalue weighted by molar-refractivity contribution is 5.31. The molecule has 0 unspecified atom stereocenters. The molecule has 0 spiro atoms. The van der Waals surface area contributed by atoms with E-state index in [1.54, 1.807) is 30.4 Å². The van der Waals surface area contributed by atoms with Crippen LogP contribution in [0.3, 0.4) is 0 Å². The van der Waals surface area contributed by atoms with Crippen LogP contribution in [0.15, 0.2) is 30.7 Å². The largest absolute Gasteiger partial charge is 0.380 e. The Kier molecular flexibility index (Phi) is 2.55. The average molecular weight is 188 g/mol. The van der Waals surface area contributed by atoms with Gasteiger partial charge in [-0.3, -0.25) is 0 Å². The number of hydrogen-bond acceptors (Lipinski definition) is 3. The molecular weight excluding hydrogens is 178 g/mol. The van der Waals surface area contributed by atoms with Crippen molar-refractivity contribution in [2.75, 3.05) is 7.11 Å². The van der Waals surface area contributed by atoms with E-state index >= 15 is 0 Å². The zero-order valence-electron chi connectivity index (χ0n) is 7.84. The van der Waals surface area contributed by atoms with Crippen LogP contribution in [0.1, 0.15) is 5.56 Å². The molecule has 4 nitrogen and oxygen atoms in total. The number of nitrogens with zero attached hydrogens (tertiary/aromatic N) is 3. The molecule has 71 valence electrons. The van der Waals surface area contributed by atoms with Crippen LogP contribution in [0.5, 0.6) is 0 Å². The molecule has 2 aromatic heterocycles. The number of pyridine rings is 1. The predicted molar refractivity (Wildman–Crippen MR) is 50.9 cm³/mol. The van der Waals surface area contributed by atoms with E-state index in [9.17, 15) is 0 Å². The minimum Gasteiger partial charge on any atom is -0.380 e. The molecule has 2 heterocycles. The minimum atomic E-state index is 0.531. The van der Waals surface area contributed by atoms with Crippen LogP contribution in [0, 0.1) is 6.07 Å². The third kappa shape index (κ3) is 1.65. The van der Waals surface area contributed by atoms with E-state index in [0.717, 1.165) is 11.4 Å². The van der Waals surface area contributed by atoms with Crippen LogP contribution in [0.2, 0.25) is 0 Å². The molecule has 0 fully saturated rings. The first-order valence-corrected chi connectivity index (χ1v) is 4.25. The molecule has 4 heteroatoms. The van der Waals surface area contributed by atoms with E-state index in [4.69, 9.17) is 4.74 Å². The topological polar surface area (TPSA) is 39.9 Å². The highest BCUT2D eigenvalue weighted by Gasteiger charge is 2.04. The summed E-state index contributed by atoms with van der Waals surface area (Å²) in [5.41, 5.74) is 1.01. The van der Waals surface area contributed by atoms with E-state index in [1.165, 1.54) is 0 Å². The lowest BCUT2D eigenvalue weighted by Crippen LogP contribution is -2.03. The lowest BCUT2D eigenvalue weighted by atomic mass is 10.3. The fourth-order valence-electron chi connectivity index (χ4n) is 1.25. The highest BCUT2D eigenvalue weighted by atomic mass is 16.5. The number of hydrogen-bond donors (Lipinski definition) is 0. The van der Waals surface area contributed by atoms with Crippen molar-refractivity contribution in [2.45, 2.75) is 6.61 Å². The SMILES string of the molecule is COCc1cccnc1-n1c[c]cn1. The maximum atomic E-state index is 5.08. The molecule has 0 bridgehead atoms. The van der Waals surface area contributed by atoms with E-state index in [-0.39, 0.29) is 0 Å². The first-order valence-electron chi connectivity index (χ1n) is 4.25. The van der Waals surface area contributed by atoms with Gasteiger partial charge in [0.2, 0.25) is 0 Å². The molecule has 0 aliphatic heterocycles. The molecule has 0 saturated carbocycles. The van der Waals surface area contributed by atoms with Crippen molar-refractivity contribution in [1.29, 1.82) is 0 Å². The number of rotatable bonds is 3. The summed E-state index contributed by atoms with van der Waals surface area (Å²) in [7, 11) is 1.66. The fourth-order valence-corrected chi connectivity index (χ4v) is 1.25. The van der Waals surface area contributed by atoms with Gasteiger partial charge >= 0.3 is 0 Å². The highest BCUT2D eigenvalue weighted by Crippen LogP contribution is 2.10. The average Bonchev–Trinajstić information content (AvgIpc) is 2.72. The second kappa shape index (κ2) is 4.02. The first-order chi connectivity index (χ1) is 6.92. The van der Waals surface area contributed by atoms with Crippen LogP contribution < -0.4 is 0 Å². The lowest BCUT2D eigenvalue weighted by molar-refractivity contribution is 0.184. The summed E-state index contributed by atoms with van der Waals surface area (Å²) in [6.07, 6.45) is 5.07. The van der Waals surface area contributed by atoms with Gasteiger partial charge in [0, 0.05) is 31.1 Å². The number of ether oxygens (including phenoxy) is 1. The number of aromatic nitrogens is 3. The summed E-state index contributed by atoms with van der Waals surface area (Å²) in [4.78, 5) is 4.24. The van der Waals surface area contributed by atoms with Crippen molar-refractivity contribution in [3.63, 3.8) is 0 Å². The smallest absolute Gasteiger partial charge is 0.158 e. The van der Waals surface area contributed by atoms with Gasteiger partial charge in [0.05, 0.1) is 12.8 Å². The zero-order chi connectivity index (χ0) is 9.80. The molecule has 0 atom stereocenters. The van der Waals surface area contributed by atoms with Gasteiger partial charge in [0.25, 0.3) is 0 Å². The lowest BCUT2D eigenvalue weighted by Gasteiger charge is -2.06. The molecule has 2 rings (SSSR count). The van der Waals surface area contributed by atoms with Crippen LogP contribution in [0.25, 0.3) is 5.82 Å². The van der Waals surface area contributed by atoms with E-state index < -0.39 is 0 Å². The van der Waals surface area contributed by atoms with E-state index in [0.29, 0.717) is 6.61 Å². The molecule has 1 radical (unpaired) electrons. The summed E-state index contributed by atoms with van der Waals surface area (Å²) >= 11 is 0. The van der Waals surface area contributed by atoms with Gasteiger partial charge in [-0.2, -0.15) is 5.10 Å². The van der Waals surface area contributed by atoms with E-state index in [2.05, 4.69) is 16.1 Å². The molecule has 0 saturated heterocycles. The Labute approximate surface area is 82.2 Å². The zero-order valence-corrected chi connectivity index (χ0v) is 7.84. The maximum absolute atomic E-state index is 5.08. The van der Waals surface area contributed by atoms with Crippen LogP contribution in [-0.2, 0) is 11.3 Å². The molecule has 0 aliphatic rings. The third-order valence-electron chi connectivity index (χ3n) is 1.84. The van der Waals surface area contributed by atoms with Crippen molar-refractivity contribution in [3.8, 4) is 5.82 Å². The standard InChI is InChI=1S/C10H10N3O/c1-14-8-9-4-2-5-11-10(9)13-7-3-6-12-13/h2,4-7H,8H2,1H3. The summed E-state index contributed by atoms with van der Waals surface area (Å²) in [5.74, 6) is 0.788. The van der Waals surface area contributed by atoms with Crippen LogP contribution in [0.4, 0.5) is 0 Å². The Morgan fingerprint density at radius 2 is 2.50 bits per heavy atom. The summed E-state index contributed by atoms with van der Waals surface area (Å²) in [6.45, 7) is 0.531. The molecular formula is C10H10N3O. The third-order valence-corrected chi connectivity index (χ3v) is 1.84. The quantitative estimate of drug-likeness (QED) is 0.727. The Morgan fingerprint density at radius 3 is 3.21 bits per heavy atom. The van der Waals surface area contributed by atoms with Gasteiger partial charge in [0.15, 0.2) is 5.82 Å². The van der Waals surface area contributed by atoms with Gasteiger partial charge < -0.3 is 4.74 Å². The van der Waals surface area contributed by atoms with Crippen molar-refractivity contribution in [2.24, 2.45) is 0 Å². The molecule has 14 heavy (non-hydrogen) atoms. The normalized spacial score (nSPS) is 10.4. The first kappa shape index (κ1) is 8.90. The molecule has 0 N–H and O–H groups in total. The summed E-state index contributed by atoms with van der Waals surface area (Å²) in [6, 6.07) is 6.71. The molecule has 2 aromatic rings. The van der Waals surface area contributed by atoms with Crippen LogP contribution in [-0.4, -0.2) is 21.9 Å². The minimum absolute atomic E-state index is 0.531. The maximum Gasteiger partial charge on any atom is 0.158 e. The van der Waals surface area contributed by atoms with Gasteiger partial charge in [-0.15, -0.1) is 0 Å². The second-order valence-corrected chi connectivity index (χ2v) is 2.80. The van der Waals surface area contributed by atoms with Crippen molar-refractivity contribution >= 4 is 0 Å². The predicted octanol–water partition coefficient (Wildman–Crippen LogP) is 1.21. The van der Waals surface area contributed by atoms with Gasteiger partial charge in [-0.1, -0.05) is 6.07 Å². The monoisotopic (exact) mass is 188 g/mol.